The van der Waals surface area contributed by atoms with Gasteiger partial charge in [-0.15, -0.1) is 0 Å². The summed E-state index contributed by atoms with van der Waals surface area (Å²) in [5.74, 6) is 0.802. The Morgan fingerprint density at radius 2 is 1.79 bits per heavy atom. The molecule has 28 heavy (non-hydrogen) atoms. The Bertz CT molecular complexity index is 710. The maximum absolute atomic E-state index is 12.2. The van der Waals surface area contributed by atoms with E-state index in [-0.39, 0.29) is 6.03 Å². The van der Waals surface area contributed by atoms with E-state index in [4.69, 9.17) is 0 Å². The van der Waals surface area contributed by atoms with Gasteiger partial charge in [0, 0.05) is 55.7 Å². The van der Waals surface area contributed by atoms with E-state index < -0.39 is 0 Å². The molecule has 152 valence electrons. The number of fused-ring (bicyclic) bond motifs is 1. The normalized spacial score (nSPS) is 27.6. The minimum atomic E-state index is -0.276. The van der Waals surface area contributed by atoms with Crippen molar-refractivity contribution in [1.29, 1.82) is 0 Å². The Morgan fingerprint density at radius 3 is 2.54 bits per heavy atom. The molecular weight excluding hydrogens is 352 g/mol. The van der Waals surface area contributed by atoms with Crippen LogP contribution in [-0.2, 0) is 0 Å². The van der Waals surface area contributed by atoms with Gasteiger partial charge in [-0.1, -0.05) is 0 Å². The number of carbonyl (C=O) groups is 1. The van der Waals surface area contributed by atoms with E-state index in [0.29, 0.717) is 6.04 Å². The van der Waals surface area contributed by atoms with Gasteiger partial charge in [-0.05, 0) is 70.1 Å². The highest BCUT2D eigenvalue weighted by molar-refractivity contribution is 5.92. The molecule has 2 atom stereocenters. The SMILES string of the molecule is CN1CCN(c2ccc(NC(=O)N/N=C3\CCC4CCN(C)[C@H]4C3)cc2)CC1. The molecule has 1 aliphatic carbocycles. The van der Waals surface area contributed by atoms with E-state index in [1.54, 1.807) is 0 Å². The van der Waals surface area contributed by atoms with Crippen LogP contribution in [0.1, 0.15) is 25.7 Å². The van der Waals surface area contributed by atoms with E-state index in [1.807, 2.05) is 12.1 Å². The number of amides is 2. The summed E-state index contributed by atoms with van der Waals surface area (Å²) >= 11 is 0. The van der Waals surface area contributed by atoms with Crippen molar-refractivity contribution in [3.05, 3.63) is 24.3 Å². The number of nitrogens with zero attached hydrogens (tertiary/aromatic N) is 4. The first-order chi connectivity index (χ1) is 13.6. The zero-order valence-electron chi connectivity index (χ0n) is 17.0. The number of anilines is 2. The largest absolute Gasteiger partial charge is 0.369 e. The Kier molecular flexibility index (Phi) is 5.82. The fourth-order valence-electron chi connectivity index (χ4n) is 4.65. The maximum Gasteiger partial charge on any atom is 0.339 e. The van der Waals surface area contributed by atoms with Crippen molar-refractivity contribution in [2.75, 3.05) is 57.0 Å². The second-order valence-corrected chi connectivity index (χ2v) is 8.42. The van der Waals surface area contributed by atoms with Crippen LogP contribution in [0.3, 0.4) is 0 Å². The van der Waals surface area contributed by atoms with E-state index in [0.717, 1.165) is 56.3 Å². The summed E-state index contributed by atoms with van der Waals surface area (Å²) in [4.78, 5) is 19.4. The lowest BCUT2D eigenvalue weighted by Gasteiger charge is -2.34. The molecular formula is C21H32N6O. The predicted molar refractivity (Wildman–Crippen MR) is 114 cm³/mol. The molecule has 2 heterocycles. The minimum absolute atomic E-state index is 0.276. The van der Waals surface area contributed by atoms with Crippen LogP contribution in [0.15, 0.2) is 29.4 Å². The quantitative estimate of drug-likeness (QED) is 0.786. The van der Waals surface area contributed by atoms with E-state index in [1.165, 1.54) is 25.1 Å². The fraction of sp³-hybridized carbons (Fsp3) is 0.619. The number of urea groups is 1. The number of nitrogens with one attached hydrogen (secondary N) is 2. The highest BCUT2D eigenvalue weighted by atomic mass is 16.2. The van der Waals surface area contributed by atoms with Gasteiger partial charge in [-0.25, -0.2) is 10.2 Å². The molecule has 1 aromatic carbocycles. The maximum atomic E-state index is 12.2. The van der Waals surface area contributed by atoms with Crippen LogP contribution in [0.5, 0.6) is 0 Å². The zero-order valence-corrected chi connectivity index (χ0v) is 17.0. The third-order valence-corrected chi connectivity index (χ3v) is 6.52. The topological polar surface area (TPSA) is 63.2 Å². The Morgan fingerprint density at radius 1 is 1.04 bits per heavy atom. The van der Waals surface area contributed by atoms with Gasteiger partial charge in [0.05, 0.1) is 0 Å². The zero-order chi connectivity index (χ0) is 19.5. The lowest BCUT2D eigenvalue weighted by atomic mass is 9.84. The summed E-state index contributed by atoms with van der Waals surface area (Å²) in [5, 5.41) is 7.27. The van der Waals surface area contributed by atoms with E-state index >= 15 is 0 Å². The number of hydrazone groups is 1. The lowest BCUT2D eigenvalue weighted by Crippen LogP contribution is -2.44. The van der Waals surface area contributed by atoms with Crippen molar-refractivity contribution >= 4 is 23.1 Å². The first-order valence-corrected chi connectivity index (χ1v) is 10.4. The van der Waals surface area contributed by atoms with Crippen molar-refractivity contribution in [3.63, 3.8) is 0 Å². The minimum Gasteiger partial charge on any atom is -0.369 e. The monoisotopic (exact) mass is 384 g/mol. The molecule has 2 saturated heterocycles. The number of likely N-dealkylation sites (N-methyl/N-ethyl adjacent to an activating group) is 1. The lowest BCUT2D eigenvalue weighted by molar-refractivity contribution is 0.251. The first kappa shape index (κ1) is 19.2. The van der Waals surface area contributed by atoms with Crippen molar-refractivity contribution in [3.8, 4) is 0 Å². The van der Waals surface area contributed by atoms with Crippen LogP contribution in [0.25, 0.3) is 0 Å². The van der Waals surface area contributed by atoms with E-state index in [9.17, 15) is 4.79 Å². The van der Waals surface area contributed by atoms with Gasteiger partial charge in [-0.3, -0.25) is 0 Å². The molecule has 0 radical (unpaired) electrons. The molecule has 3 fully saturated rings. The van der Waals surface area contributed by atoms with Crippen molar-refractivity contribution in [2.45, 2.75) is 31.7 Å². The van der Waals surface area contributed by atoms with Crippen molar-refractivity contribution < 1.29 is 4.79 Å². The fourth-order valence-corrected chi connectivity index (χ4v) is 4.65. The summed E-state index contributed by atoms with van der Waals surface area (Å²) in [5.41, 5.74) is 5.78. The van der Waals surface area contributed by atoms with Crippen molar-refractivity contribution in [1.82, 2.24) is 15.2 Å². The van der Waals surface area contributed by atoms with Crippen LogP contribution < -0.4 is 15.6 Å². The number of hydrogen-bond donors (Lipinski definition) is 2. The van der Waals surface area contributed by atoms with Gasteiger partial charge in [0.1, 0.15) is 0 Å². The van der Waals surface area contributed by atoms with Crippen LogP contribution >= 0.6 is 0 Å². The summed E-state index contributed by atoms with van der Waals surface area (Å²) < 4.78 is 0. The van der Waals surface area contributed by atoms with Gasteiger partial charge in [0.2, 0.25) is 0 Å². The Labute approximate surface area is 167 Å². The Hall–Kier alpha value is -2.12. The molecule has 7 heteroatoms. The van der Waals surface area contributed by atoms with Gasteiger partial charge in [0.25, 0.3) is 0 Å². The van der Waals surface area contributed by atoms with E-state index in [2.05, 4.69) is 56.8 Å². The molecule has 2 N–H and O–H groups in total. The number of likely N-dealkylation sites (tertiary alicyclic amines) is 1. The van der Waals surface area contributed by atoms with Crippen LogP contribution in [-0.4, -0.2) is 74.4 Å². The van der Waals surface area contributed by atoms with Crippen LogP contribution in [0, 0.1) is 5.92 Å². The number of rotatable bonds is 3. The number of hydrogen-bond acceptors (Lipinski definition) is 5. The molecule has 4 rings (SSSR count). The third kappa shape index (κ3) is 4.47. The molecule has 1 unspecified atom stereocenters. The highest BCUT2D eigenvalue weighted by Gasteiger charge is 2.35. The number of benzene rings is 1. The van der Waals surface area contributed by atoms with Gasteiger partial charge in [-0.2, -0.15) is 5.10 Å². The molecule has 7 nitrogen and oxygen atoms in total. The molecule has 0 aromatic heterocycles. The molecule has 2 aliphatic heterocycles. The van der Waals surface area contributed by atoms with Gasteiger partial charge >= 0.3 is 6.03 Å². The number of carbonyl (C=O) groups excluding carboxylic acids is 1. The predicted octanol–water partition coefficient (Wildman–Crippen LogP) is 2.42. The molecule has 0 spiro atoms. The number of piperazine rings is 1. The smallest absolute Gasteiger partial charge is 0.339 e. The van der Waals surface area contributed by atoms with Crippen LogP contribution in [0.4, 0.5) is 16.2 Å². The third-order valence-electron chi connectivity index (χ3n) is 6.52. The first-order valence-electron chi connectivity index (χ1n) is 10.4. The molecule has 1 saturated carbocycles. The summed E-state index contributed by atoms with van der Waals surface area (Å²) in [6.45, 7) is 5.43. The summed E-state index contributed by atoms with van der Waals surface area (Å²) in [6.07, 6.45) is 4.45. The summed E-state index contributed by atoms with van der Waals surface area (Å²) in [6, 6.07) is 8.38. The second kappa shape index (κ2) is 8.49. The Balaban J connectivity index is 1.27. The van der Waals surface area contributed by atoms with Crippen LogP contribution in [0.2, 0.25) is 0 Å². The molecule has 2 amide bonds. The average Bonchev–Trinajstić information content (AvgIpc) is 3.08. The van der Waals surface area contributed by atoms with Gasteiger partial charge in [0.15, 0.2) is 0 Å². The second-order valence-electron chi connectivity index (χ2n) is 8.42. The molecule has 3 aliphatic rings. The molecule has 1 aromatic rings. The van der Waals surface area contributed by atoms with Gasteiger partial charge < -0.3 is 20.0 Å². The van der Waals surface area contributed by atoms with Crippen molar-refractivity contribution in [2.24, 2.45) is 11.0 Å². The average molecular weight is 385 g/mol. The molecule has 0 bridgehead atoms. The highest BCUT2D eigenvalue weighted by Crippen LogP contribution is 2.34. The standard InChI is InChI=1S/C21H32N6O/c1-25-11-13-27(14-12-25)19-7-5-17(6-8-19)22-21(28)24-23-18-4-3-16-9-10-26(2)20(16)15-18/h5-8,16,20H,3-4,9-15H2,1-2H3,(H2,22,24,28)/b23-18+/t16?,20-/m0/s1. The summed E-state index contributed by atoms with van der Waals surface area (Å²) in [7, 11) is 4.35.